The maximum Gasteiger partial charge on any atom is 0.264 e. The van der Waals surface area contributed by atoms with Crippen molar-refractivity contribution < 1.29 is 9.53 Å². The molecule has 1 saturated heterocycles. The predicted molar refractivity (Wildman–Crippen MR) is 77.8 cm³/mol. The van der Waals surface area contributed by atoms with Crippen molar-refractivity contribution in [3.63, 3.8) is 0 Å². The van der Waals surface area contributed by atoms with E-state index in [0.29, 0.717) is 24.6 Å². The van der Waals surface area contributed by atoms with Gasteiger partial charge in [-0.05, 0) is 17.7 Å². The van der Waals surface area contributed by atoms with Crippen LogP contribution in [0.3, 0.4) is 0 Å². The number of aromatic nitrogens is 2. The zero-order valence-corrected chi connectivity index (χ0v) is 11.3. The molecule has 2 atom stereocenters. The number of carbonyl (C=O) groups is 1. The highest BCUT2D eigenvalue weighted by atomic mass is 16.5. The Morgan fingerprint density at radius 2 is 2.00 bits per heavy atom. The highest BCUT2D eigenvalue weighted by molar-refractivity contribution is 5.93. The summed E-state index contributed by atoms with van der Waals surface area (Å²) in [6.45, 7) is 0.771. The van der Waals surface area contributed by atoms with E-state index in [1.807, 2.05) is 12.1 Å². The molecular formula is C14H16N4O3. The maximum absolute atomic E-state index is 12.1. The van der Waals surface area contributed by atoms with E-state index in [1.54, 1.807) is 12.1 Å². The van der Waals surface area contributed by atoms with E-state index in [2.05, 4.69) is 15.5 Å². The maximum atomic E-state index is 12.1. The van der Waals surface area contributed by atoms with Crippen molar-refractivity contribution in [1.29, 1.82) is 0 Å². The Morgan fingerprint density at radius 3 is 2.57 bits per heavy atom. The first-order valence-electron chi connectivity index (χ1n) is 6.66. The van der Waals surface area contributed by atoms with Crippen LogP contribution in [0.1, 0.15) is 0 Å². The van der Waals surface area contributed by atoms with Gasteiger partial charge in [-0.25, -0.2) is 0 Å². The normalized spacial score (nSPS) is 21.4. The highest BCUT2D eigenvalue weighted by Gasteiger charge is 2.31. The second-order valence-electron chi connectivity index (χ2n) is 5.05. The van der Waals surface area contributed by atoms with Crippen LogP contribution in [-0.2, 0) is 9.53 Å². The summed E-state index contributed by atoms with van der Waals surface area (Å²) in [6, 6.07) is 8.41. The second kappa shape index (κ2) is 5.55. The molecule has 5 N–H and O–H groups in total. The number of ether oxygens (including phenoxy) is 1. The number of carbonyl (C=O) groups excluding carboxylic acids is 1. The summed E-state index contributed by atoms with van der Waals surface area (Å²) < 4.78 is 5.18. The van der Waals surface area contributed by atoms with Crippen LogP contribution in [0.4, 0.5) is 5.69 Å². The lowest BCUT2D eigenvalue weighted by atomic mass is 10.0. The van der Waals surface area contributed by atoms with Crippen molar-refractivity contribution in [1.82, 2.24) is 10.2 Å². The zero-order valence-electron chi connectivity index (χ0n) is 11.3. The standard InChI is InChI=1S/C14H16N4O3/c15-11-7-21-6-10(11)14(20)16-9-3-1-8(2-4-9)12-5-13(19)18-17-12/h1-5,10-11H,6-7,15H2,(H,16,20)(H2,17,18,19). The molecule has 1 amide bonds. The molecule has 1 fully saturated rings. The summed E-state index contributed by atoms with van der Waals surface area (Å²) in [5.41, 5.74) is 7.86. The topological polar surface area (TPSA) is 113 Å². The van der Waals surface area contributed by atoms with E-state index in [9.17, 15) is 9.59 Å². The second-order valence-corrected chi connectivity index (χ2v) is 5.05. The fraction of sp³-hybridized carbons (Fsp3) is 0.286. The predicted octanol–water partition coefficient (Wildman–Crippen LogP) is 0.282. The van der Waals surface area contributed by atoms with E-state index >= 15 is 0 Å². The molecule has 1 aliphatic rings. The minimum atomic E-state index is -0.314. The van der Waals surface area contributed by atoms with E-state index in [1.165, 1.54) is 6.07 Å². The molecule has 0 saturated carbocycles. The lowest BCUT2D eigenvalue weighted by Crippen LogP contribution is -2.37. The average molecular weight is 288 g/mol. The molecule has 0 aliphatic carbocycles. The number of anilines is 1. The van der Waals surface area contributed by atoms with Gasteiger partial charge in [-0.1, -0.05) is 12.1 Å². The molecule has 0 radical (unpaired) electrons. The van der Waals surface area contributed by atoms with Gasteiger partial charge in [-0.3, -0.25) is 19.8 Å². The lowest BCUT2D eigenvalue weighted by molar-refractivity contribution is -0.120. The quantitative estimate of drug-likeness (QED) is 0.649. The van der Waals surface area contributed by atoms with Gasteiger partial charge in [0.1, 0.15) is 0 Å². The van der Waals surface area contributed by atoms with Crippen LogP contribution >= 0.6 is 0 Å². The van der Waals surface area contributed by atoms with E-state index in [4.69, 9.17) is 10.5 Å². The molecule has 0 spiro atoms. The lowest BCUT2D eigenvalue weighted by Gasteiger charge is -2.13. The number of amides is 1. The third-order valence-electron chi connectivity index (χ3n) is 3.52. The first-order valence-corrected chi connectivity index (χ1v) is 6.66. The van der Waals surface area contributed by atoms with Gasteiger partial charge in [0.2, 0.25) is 5.91 Å². The molecular weight excluding hydrogens is 272 g/mol. The molecule has 7 nitrogen and oxygen atoms in total. The number of nitrogens with one attached hydrogen (secondary N) is 3. The van der Waals surface area contributed by atoms with Crippen molar-refractivity contribution >= 4 is 11.6 Å². The summed E-state index contributed by atoms with van der Waals surface area (Å²) in [7, 11) is 0. The van der Waals surface area contributed by atoms with Crippen molar-refractivity contribution in [2.24, 2.45) is 11.7 Å². The molecule has 7 heteroatoms. The Kier molecular flexibility index (Phi) is 3.59. The third kappa shape index (κ3) is 2.88. The molecule has 0 bridgehead atoms. The smallest absolute Gasteiger partial charge is 0.264 e. The summed E-state index contributed by atoms with van der Waals surface area (Å²) >= 11 is 0. The Balaban J connectivity index is 1.70. The minimum absolute atomic E-state index is 0.136. The van der Waals surface area contributed by atoms with Gasteiger partial charge in [0.25, 0.3) is 5.56 Å². The molecule has 2 aromatic rings. The molecule has 1 aromatic carbocycles. The Hall–Kier alpha value is -2.38. The first kappa shape index (κ1) is 13.6. The fourth-order valence-electron chi connectivity index (χ4n) is 2.30. The van der Waals surface area contributed by atoms with Crippen molar-refractivity contribution in [3.05, 3.63) is 40.7 Å². The molecule has 110 valence electrons. The molecule has 3 rings (SSSR count). The monoisotopic (exact) mass is 288 g/mol. The number of hydrogen-bond acceptors (Lipinski definition) is 4. The van der Waals surface area contributed by atoms with E-state index in [-0.39, 0.29) is 23.4 Å². The van der Waals surface area contributed by atoms with E-state index < -0.39 is 0 Å². The van der Waals surface area contributed by atoms with Crippen LogP contribution in [0, 0.1) is 5.92 Å². The largest absolute Gasteiger partial charge is 0.379 e. The van der Waals surface area contributed by atoms with Gasteiger partial charge < -0.3 is 15.8 Å². The van der Waals surface area contributed by atoms with Crippen molar-refractivity contribution in [2.75, 3.05) is 18.5 Å². The van der Waals surface area contributed by atoms with Crippen molar-refractivity contribution in [2.45, 2.75) is 6.04 Å². The number of aromatic amines is 2. The third-order valence-corrected chi connectivity index (χ3v) is 3.52. The van der Waals surface area contributed by atoms with Crippen LogP contribution in [0.5, 0.6) is 0 Å². The fourth-order valence-corrected chi connectivity index (χ4v) is 2.30. The van der Waals surface area contributed by atoms with Gasteiger partial charge >= 0.3 is 0 Å². The van der Waals surface area contributed by atoms with Crippen LogP contribution in [-0.4, -0.2) is 35.4 Å². The van der Waals surface area contributed by atoms with Crippen LogP contribution in [0.25, 0.3) is 11.3 Å². The zero-order chi connectivity index (χ0) is 14.8. The van der Waals surface area contributed by atoms with Gasteiger partial charge in [-0.15, -0.1) is 0 Å². The summed E-state index contributed by atoms with van der Waals surface area (Å²) in [5.74, 6) is -0.450. The van der Waals surface area contributed by atoms with Gasteiger partial charge in [0, 0.05) is 17.8 Å². The number of benzene rings is 1. The molecule has 21 heavy (non-hydrogen) atoms. The van der Waals surface area contributed by atoms with Gasteiger partial charge in [-0.2, -0.15) is 0 Å². The van der Waals surface area contributed by atoms with E-state index in [0.717, 1.165) is 5.56 Å². The van der Waals surface area contributed by atoms with Crippen molar-refractivity contribution in [3.8, 4) is 11.3 Å². The Labute approximate surface area is 120 Å². The number of H-pyrrole nitrogens is 2. The Morgan fingerprint density at radius 1 is 1.24 bits per heavy atom. The highest BCUT2D eigenvalue weighted by Crippen LogP contribution is 2.19. The summed E-state index contributed by atoms with van der Waals surface area (Å²) in [5, 5.41) is 8.07. The molecule has 2 heterocycles. The summed E-state index contributed by atoms with van der Waals surface area (Å²) in [4.78, 5) is 23.1. The SMILES string of the molecule is NC1COCC1C(=O)Nc1ccc(-c2cc(=O)[nH][nH]2)cc1. The number of nitrogens with two attached hydrogens (primary N) is 1. The molecule has 1 aliphatic heterocycles. The number of hydrogen-bond donors (Lipinski definition) is 4. The Bertz CT molecular complexity index is 689. The van der Waals surface area contributed by atoms with Gasteiger partial charge in [0.15, 0.2) is 0 Å². The van der Waals surface area contributed by atoms with Crippen LogP contribution in [0.2, 0.25) is 0 Å². The minimum Gasteiger partial charge on any atom is -0.379 e. The van der Waals surface area contributed by atoms with Gasteiger partial charge in [0.05, 0.1) is 24.8 Å². The molecule has 2 unspecified atom stereocenters. The number of rotatable bonds is 3. The average Bonchev–Trinajstić information content (AvgIpc) is 3.08. The van der Waals surface area contributed by atoms with Crippen LogP contribution in [0.15, 0.2) is 35.1 Å². The molecule has 1 aromatic heterocycles. The van der Waals surface area contributed by atoms with Crippen LogP contribution < -0.4 is 16.6 Å². The summed E-state index contributed by atoms with van der Waals surface area (Å²) in [6.07, 6.45) is 0. The first-order chi connectivity index (χ1) is 10.1.